The van der Waals surface area contributed by atoms with E-state index in [2.05, 4.69) is 31.3 Å². The van der Waals surface area contributed by atoms with Crippen molar-refractivity contribution in [1.82, 2.24) is 5.32 Å². The van der Waals surface area contributed by atoms with Crippen molar-refractivity contribution in [2.75, 3.05) is 6.54 Å². The molecule has 1 unspecified atom stereocenters. The second-order valence-corrected chi connectivity index (χ2v) is 4.87. The predicted octanol–water partition coefficient (Wildman–Crippen LogP) is 3.77. The van der Waals surface area contributed by atoms with Crippen LogP contribution in [-0.2, 0) is 0 Å². The first-order valence-corrected chi connectivity index (χ1v) is 6.06. The summed E-state index contributed by atoms with van der Waals surface area (Å²) in [6, 6.07) is 4.83. The van der Waals surface area contributed by atoms with Crippen LogP contribution in [-0.4, -0.2) is 6.54 Å². The van der Waals surface area contributed by atoms with Crippen LogP contribution in [0.3, 0.4) is 0 Å². The second kappa shape index (κ2) is 4.54. The van der Waals surface area contributed by atoms with Crippen LogP contribution in [0.5, 0.6) is 0 Å². The van der Waals surface area contributed by atoms with Gasteiger partial charge in [-0.05, 0) is 44.4 Å². The molecule has 0 aliphatic carbocycles. The van der Waals surface area contributed by atoms with Crippen LogP contribution in [0.2, 0.25) is 5.02 Å². The van der Waals surface area contributed by atoms with E-state index in [0.717, 1.165) is 11.6 Å². The highest BCUT2D eigenvalue weighted by Crippen LogP contribution is 2.31. The van der Waals surface area contributed by atoms with Crippen LogP contribution in [0.15, 0.2) is 12.1 Å². The standard InChI is InChI=1S/C13H18ClN/c1-9-7-10(2)13(14)11(8-9)12-5-3-4-6-15-12/h7-8,12,15H,3-6H2,1-2H3. The highest BCUT2D eigenvalue weighted by molar-refractivity contribution is 6.32. The third-order valence-corrected chi connectivity index (χ3v) is 3.63. The molecular formula is C13H18ClN. The molecule has 1 saturated heterocycles. The Labute approximate surface area is 96.8 Å². The Bertz CT molecular complexity index is 354. The van der Waals surface area contributed by atoms with Crippen LogP contribution in [0.1, 0.15) is 42.0 Å². The van der Waals surface area contributed by atoms with E-state index in [1.165, 1.54) is 36.0 Å². The zero-order valence-corrected chi connectivity index (χ0v) is 10.2. The number of benzene rings is 1. The normalized spacial score (nSPS) is 21.7. The van der Waals surface area contributed by atoms with Crippen molar-refractivity contribution in [3.05, 3.63) is 33.8 Å². The molecule has 0 amide bonds. The number of piperidine rings is 1. The molecular weight excluding hydrogens is 206 g/mol. The van der Waals surface area contributed by atoms with Gasteiger partial charge in [-0.25, -0.2) is 0 Å². The lowest BCUT2D eigenvalue weighted by atomic mass is 9.95. The van der Waals surface area contributed by atoms with Gasteiger partial charge in [-0.1, -0.05) is 35.7 Å². The average molecular weight is 224 g/mol. The molecule has 1 N–H and O–H groups in total. The molecule has 1 fully saturated rings. The van der Waals surface area contributed by atoms with Crippen molar-refractivity contribution in [2.24, 2.45) is 0 Å². The van der Waals surface area contributed by atoms with Crippen molar-refractivity contribution in [3.63, 3.8) is 0 Å². The van der Waals surface area contributed by atoms with Gasteiger partial charge >= 0.3 is 0 Å². The largest absolute Gasteiger partial charge is 0.310 e. The topological polar surface area (TPSA) is 12.0 Å². The lowest BCUT2D eigenvalue weighted by Crippen LogP contribution is -2.27. The molecule has 1 aromatic rings. The molecule has 1 aliphatic rings. The molecule has 1 heterocycles. The summed E-state index contributed by atoms with van der Waals surface area (Å²) in [6.45, 7) is 5.34. The van der Waals surface area contributed by atoms with E-state index >= 15 is 0 Å². The number of hydrogen-bond acceptors (Lipinski definition) is 1. The van der Waals surface area contributed by atoms with E-state index in [4.69, 9.17) is 11.6 Å². The van der Waals surface area contributed by atoms with E-state index in [9.17, 15) is 0 Å². The van der Waals surface area contributed by atoms with Crippen LogP contribution in [0.4, 0.5) is 0 Å². The monoisotopic (exact) mass is 223 g/mol. The van der Waals surface area contributed by atoms with Gasteiger partial charge in [0.1, 0.15) is 0 Å². The first-order valence-electron chi connectivity index (χ1n) is 5.68. The fraction of sp³-hybridized carbons (Fsp3) is 0.538. The van der Waals surface area contributed by atoms with Gasteiger partial charge in [0.05, 0.1) is 0 Å². The number of aryl methyl sites for hydroxylation is 2. The summed E-state index contributed by atoms with van der Waals surface area (Å²) < 4.78 is 0. The van der Waals surface area contributed by atoms with Gasteiger partial charge in [0.15, 0.2) is 0 Å². The summed E-state index contributed by atoms with van der Waals surface area (Å²) in [5, 5.41) is 4.49. The summed E-state index contributed by atoms with van der Waals surface area (Å²) in [6.07, 6.45) is 3.81. The van der Waals surface area contributed by atoms with Crippen molar-refractivity contribution in [3.8, 4) is 0 Å². The third kappa shape index (κ3) is 2.35. The summed E-state index contributed by atoms with van der Waals surface area (Å²) in [5.74, 6) is 0. The maximum absolute atomic E-state index is 6.36. The molecule has 0 aromatic heterocycles. The molecule has 1 nitrogen and oxygen atoms in total. The van der Waals surface area contributed by atoms with E-state index < -0.39 is 0 Å². The van der Waals surface area contributed by atoms with Gasteiger partial charge in [-0.15, -0.1) is 0 Å². The fourth-order valence-electron chi connectivity index (χ4n) is 2.35. The Kier molecular flexibility index (Phi) is 3.32. The zero-order valence-electron chi connectivity index (χ0n) is 9.44. The second-order valence-electron chi connectivity index (χ2n) is 4.49. The number of hydrogen-bond donors (Lipinski definition) is 1. The smallest absolute Gasteiger partial charge is 0.0483 e. The maximum atomic E-state index is 6.36. The minimum Gasteiger partial charge on any atom is -0.310 e. The Hall–Kier alpha value is -0.530. The van der Waals surface area contributed by atoms with Crippen LogP contribution in [0.25, 0.3) is 0 Å². The zero-order chi connectivity index (χ0) is 10.8. The SMILES string of the molecule is Cc1cc(C)c(Cl)c(C2CCCCN2)c1. The third-order valence-electron chi connectivity index (χ3n) is 3.11. The van der Waals surface area contributed by atoms with E-state index in [-0.39, 0.29) is 0 Å². The van der Waals surface area contributed by atoms with Crippen molar-refractivity contribution < 1.29 is 0 Å². The van der Waals surface area contributed by atoms with E-state index in [1.807, 2.05) is 0 Å². The van der Waals surface area contributed by atoms with Gasteiger partial charge in [-0.3, -0.25) is 0 Å². The van der Waals surface area contributed by atoms with Gasteiger partial charge < -0.3 is 5.32 Å². The summed E-state index contributed by atoms with van der Waals surface area (Å²) in [5.41, 5.74) is 3.78. The first kappa shape index (κ1) is 11.0. The molecule has 0 radical (unpaired) electrons. The highest BCUT2D eigenvalue weighted by atomic mass is 35.5. The molecule has 1 atom stereocenters. The van der Waals surface area contributed by atoms with Gasteiger partial charge in [0.2, 0.25) is 0 Å². The Balaban J connectivity index is 2.33. The molecule has 2 heteroatoms. The quantitative estimate of drug-likeness (QED) is 0.764. The van der Waals surface area contributed by atoms with Crippen molar-refractivity contribution >= 4 is 11.6 Å². The number of halogens is 1. The Morgan fingerprint density at radius 3 is 2.73 bits per heavy atom. The lowest BCUT2D eigenvalue weighted by molar-refractivity contribution is 0.412. The average Bonchev–Trinajstić information content (AvgIpc) is 2.24. The molecule has 0 saturated carbocycles. The van der Waals surface area contributed by atoms with E-state index in [1.54, 1.807) is 0 Å². The molecule has 0 spiro atoms. The fourth-order valence-corrected chi connectivity index (χ4v) is 2.59. The molecule has 2 rings (SSSR count). The van der Waals surface area contributed by atoms with Crippen molar-refractivity contribution in [1.29, 1.82) is 0 Å². The van der Waals surface area contributed by atoms with Gasteiger partial charge in [0, 0.05) is 11.1 Å². The van der Waals surface area contributed by atoms with Crippen LogP contribution >= 0.6 is 11.6 Å². The minimum atomic E-state index is 0.463. The van der Waals surface area contributed by atoms with Crippen LogP contribution < -0.4 is 5.32 Å². The van der Waals surface area contributed by atoms with Gasteiger partial charge in [-0.2, -0.15) is 0 Å². The Morgan fingerprint density at radius 2 is 2.07 bits per heavy atom. The van der Waals surface area contributed by atoms with Gasteiger partial charge in [0.25, 0.3) is 0 Å². The number of rotatable bonds is 1. The maximum Gasteiger partial charge on any atom is 0.0483 e. The predicted molar refractivity (Wildman–Crippen MR) is 65.5 cm³/mol. The summed E-state index contributed by atoms with van der Waals surface area (Å²) in [7, 11) is 0. The summed E-state index contributed by atoms with van der Waals surface area (Å²) in [4.78, 5) is 0. The number of nitrogens with one attached hydrogen (secondary N) is 1. The summed E-state index contributed by atoms with van der Waals surface area (Å²) >= 11 is 6.36. The Morgan fingerprint density at radius 1 is 1.27 bits per heavy atom. The molecule has 15 heavy (non-hydrogen) atoms. The first-order chi connectivity index (χ1) is 7.18. The highest BCUT2D eigenvalue weighted by Gasteiger charge is 2.18. The minimum absolute atomic E-state index is 0.463. The molecule has 1 aliphatic heterocycles. The van der Waals surface area contributed by atoms with Crippen LogP contribution in [0, 0.1) is 13.8 Å². The molecule has 0 bridgehead atoms. The molecule has 1 aromatic carbocycles. The molecule has 82 valence electrons. The van der Waals surface area contributed by atoms with E-state index in [0.29, 0.717) is 6.04 Å². The van der Waals surface area contributed by atoms with Crippen molar-refractivity contribution in [2.45, 2.75) is 39.2 Å². The lowest BCUT2D eigenvalue weighted by Gasteiger charge is -2.25.